The zero-order valence-corrected chi connectivity index (χ0v) is 17.3. The summed E-state index contributed by atoms with van der Waals surface area (Å²) < 4.78 is 39.0. The monoisotopic (exact) mass is 431 g/mol. The number of fused-ring (bicyclic) bond motifs is 1. The van der Waals surface area contributed by atoms with E-state index in [1.807, 2.05) is 31.3 Å². The number of hydrogen-bond acceptors (Lipinski definition) is 5. The van der Waals surface area contributed by atoms with Crippen molar-refractivity contribution in [3.8, 4) is 11.3 Å². The predicted molar refractivity (Wildman–Crippen MR) is 110 cm³/mol. The summed E-state index contributed by atoms with van der Waals surface area (Å²) in [6.07, 6.45) is -0.202. The SMILES string of the molecule is Cn1nccc1-c1ccc2cnc(CC(=O)C3CCN(CCC(F)(F)F)CC3)nc2c1. The molecule has 6 nitrogen and oxygen atoms in total. The van der Waals surface area contributed by atoms with Gasteiger partial charge in [0.25, 0.3) is 0 Å². The molecule has 164 valence electrons. The first-order chi connectivity index (χ1) is 14.8. The van der Waals surface area contributed by atoms with Crippen molar-refractivity contribution in [1.82, 2.24) is 24.6 Å². The van der Waals surface area contributed by atoms with Crippen LogP contribution in [-0.4, -0.2) is 56.2 Å². The van der Waals surface area contributed by atoms with Gasteiger partial charge in [-0.25, -0.2) is 9.97 Å². The second-order valence-corrected chi connectivity index (χ2v) is 8.02. The summed E-state index contributed by atoms with van der Waals surface area (Å²) in [5.74, 6) is 0.374. The third-order valence-corrected chi connectivity index (χ3v) is 5.84. The molecular weight excluding hydrogens is 407 g/mol. The number of Topliss-reactive ketones (excluding diaryl/α,β-unsaturated/α-hetero) is 1. The number of rotatable bonds is 6. The molecule has 1 aromatic carbocycles. The zero-order chi connectivity index (χ0) is 22.0. The molecule has 4 rings (SSSR count). The van der Waals surface area contributed by atoms with Gasteiger partial charge in [-0.05, 0) is 38.1 Å². The minimum Gasteiger partial charge on any atom is -0.303 e. The van der Waals surface area contributed by atoms with Crippen molar-refractivity contribution in [1.29, 1.82) is 0 Å². The first-order valence-electron chi connectivity index (χ1n) is 10.3. The van der Waals surface area contributed by atoms with Crippen molar-refractivity contribution in [2.45, 2.75) is 31.9 Å². The van der Waals surface area contributed by atoms with E-state index >= 15 is 0 Å². The maximum atomic E-state index is 12.7. The number of hydrogen-bond donors (Lipinski definition) is 0. The van der Waals surface area contributed by atoms with E-state index in [4.69, 9.17) is 0 Å². The molecule has 0 radical (unpaired) electrons. The number of piperidine rings is 1. The molecule has 2 aromatic heterocycles. The molecule has 1 aliphatic rings. The van der Waals surface area contributed by atoms with Crippen LogP contribution in [0.4, 0.5) is 13.2 Å². The molecule has 1 saturated heterocycles. The van der Waals surface area contributed by atoms with Crippen LogP contribution in [0.15, 0.2) is 36.7 Å². The lowest BCUT2D eigenvalue weighted by molar-refractivity contribution is -0.139. The second kappa shape index (κ2) is 8.74. The lowest BCUT2D eigenvalue weighted by atomic mass is 9.90. The summed E-state index contributed by atoms with van der Waals surface area (Å²) in [6, 6.07) is 7.81. The molecule has 1 fully saturated rings. The van der Waals surface area contributed by atoms with Crippen molar-refractivity contribution >= 4 is 16.7 Å². The van der Waals surface area contributed by atoms with Crippen LogP contribution in [0.3, 0.4) is 0 Å². The van der Waals surface area contributed by atoms with Gasteiger partial charge in [-0.1, -0.05) is 12.1 Å². The number of aryl methyl sites for hydroxylation is 1. The lowest BCUT2D eigenvalue weighted by Gasteiger charge is -2.31. The third-order valence-electron chi connectivity index (χ3n) is 5.84. The normalized spacial score (nSPS) is 16.1. The van der Waals surface area contributed by atoms with Crippen molar-refractivity contribution in [2.75, 3.05) is 19.6 Å². The van der Waals surface area contributed by atoms with E-state index in [2.05, 4.69) is 15.1 Å². The van der Waals surface area contributed by atoms with E-state index < -0.39 is 12.6 Å². The van der Waals surface area contributed by atoms with Gasteiger partial charge in [0.1, 0.15) is 11.6 Å². The molecule has 0 unspecified atom stereocenters. The molecule has 1 aliphatic heterocycles. The van der Waals surface area contributed by atoms with E-state index in [1.165, 1.54) is 0 Å². The number of benzene rings is 1. The second-order valence-electron chi connectivity index (χ2n) is 8.02. The Hall–Kier alpha value is -2.81. The Morgan fingerprint density at radius 1 is 1.19 bits per heavy atom. The molecule has 0 aliphatic carbocycles. The summed E-state index contributed by atoms with van der Waals surface area (Å²) >= 11 is 0. The van der Waals surface area contributed by atoms with E-state index in [0.717, 1.165) is 22.2 Å². The van der Waals surface area contributed by atoms with Crippen LogP contribution >= 0.6 is 0 Å². The number of halogens is 3. The van der Waals surface area contributed by atoms with E-state index in [0.29, 0.717) is 31.8 Å². The topological polar surface area (TPSA) is 63.9 Å². The Morgan fingerprint density at radius 2 is 1.97 bits per heavy atom. The lowest BCUT2D eigenvalue weighted by Crippen LogP contribution is -2.38. The van der Waals surface area contributed by atoms with Gasteiger partial charge < -0.3 is 4.90 Å². The van der Waals surface area contributed by atoms with Crippen LogP contribution < -0.4 is 0 Å². The van der Waals surface area contributed by atoms with Gasteiger partial charge in [0.15, 0.2) is 0 Å². The maximum Gasteiger partial charge on any atom is 0.390 e. The first kappa shape index (κ1) is 21.4. The summed E-state index contributed by atoms with van der Waals surface area (Å²) in [6.45, 7) is 1.02. The number of likely N-dealkylation sites (tertiary alicyclic amines) is 1. The van der Waals surface area contributed by atoms with Crippen LogP contribution in [0.5, 0.6) is 0 Å². The van der Waals surface area contributed by atoms with Crippen LogP contribution in [0.25, 0.3) is 22.2 Å². The standard InChI is InChI=1S/C22H24F3N5O/c1-29-19(4-8-27-29)16-2-3-17-14-26-21(28-18(17)12-16)13-20(31)15-5-9-30(10-6-15)11-7-22(23,24)25/h2-4,8,12,14-15H,5-7,9-11,13H2,1H3. The van der Waals surface area contributed by atoms with Crippen molar-refractivity contribution in [3.63, 3.8) is 0 Å². The number of alkyl halides is 3. The van der Waals surface area contributed by atoms with Gasteiger partial charge in [0, 0.05) is 42.9 Å². The number of nitrogens with zero attached hydrogens (tertiary/aromatic N) is 5. The molecule has 3 heterocycles. The molecule has 3 aromatic rings. The summed E-state index contributed by atoms with van der Waals surface area (Å²) in [4.78, 5) is 23.4. The minimum absolute atomic E-state index is 0.00279. The highest BCUT2D eigenvalue weighted by Gasteiger charge is 2.30. The molecular formula is C22H24F3N5O. The average molecular weight is 431 g/mol. The van der Waals surface area contributed by atoms with E-state index in [1.54, 1.807) is 22.0 Å². The maximum absolute atomic E-state index is 12.7. The fraction of sp³-hybridized carbons (Fsp3) is 0.455. The fourth-order valence-corrected chi connectivity index (χ4v) is 4.03. The summed E-state index contributed by atoms with van der Waals surface area (Å²) in [5, 5.41) is 5.08. The van der Waals surface area contributed by atoms with Crippen LogP contribution in [-0.2, 0) is 18.3 Å². The molecule has 0 spiro atoms. The molecule has 0 saturated carbocycles. The molecule has 31 heavy (non-hydrogen) atoms. The fourth-order valence-electron chi connectivity index (χ4n) is 4.03. The number of carbonyl (C=O) groups is 1. The summed E-state index contributed by atoms with van der Waals surface area (Å²) in [7, 11) is 1.87. The quantitative estimate of drug-likeness (QED) is 0.594. The third kappa shape index (κ3) is 5.28. The largest absolute Gasteiger partial charge is 0.390 e. The number of ketones is 1. The van der Waals surface area contributed by atoms with E-state index in [9.17, 15) is 18.0 Å². The van der Waals surface area contributed by atoms with Gasteiger partial charge >= 0.3 is 6.18 Å². The highest BCUT2D eigenvalue weighted by atomic mass is 19.4. The Balaban J connectivity index is 1.39. The van der Waals surface area contributed by atoms with Crippen LogP contribution in [0, 0.1) is 5.92 Å². The smallest absolute Gasteiger partial charge is 0.303 e. The van der Waals surface area contributed by atoms with Gasteiger partial charge in [-0.3, -0.25) is 9.48 Å². The van der Waals surface area contributed by atoms with Gasteiger partial charge in [-0.2, -0.15) is 18.3 Å². The molecule has 0 atom stereocenters. The van der Waals surface area contributed by atoms with E-state index in [-0.39, 0.29) is 24.7 Å². The highest BCUT2D eigenvalue weighted by Crippen LogP contribution is 2.25. The molecule has 0 amide bonds. The highest BCUT2D eigenvalue weighted by molar-refractivity contribution is 5.85. The summed E-state index contributed by atoms with van der Waals surface area (Å²) in [5.41, 5.74) is 2.71. The molecule has 0 bridgehead atoms. The van der Waals surface area contributed by atoms with Crippen molar-refractivity contribution in [2.24, 2.45) is 13.0 Å². The van der Waals surface area contributed by atoms with Crippen LogP contribution in [0.1, 0.15) is 25.1 Å². The number of carbonyl (C=O) groups excluding carboxylic acids is 1. The minimum atomic E-state index is -4.14. The Labute approximate surface area is 178 Å². The average Bonchev–Trinajstić information content (AvgIpc) is 3.17. The zero-order valence-electron chi connectivity index (χ0n) is 17.3. The molecule has 0 N–H and O–H groups in total. The Morgan fingerprint density at radius 3 is 2.65 bits per heavy atom. The Bertz CT molecular complexity index is 1070. The molecule has 9 heteroatoms. The number of aromatic nitrogens is 4. The van der Waals surface area contributed by atoms with Crippen molar-refractivity contribution in [3.05, 3.63) is 42.5 Å². The van der Waals surface area contributed by atoms with Crippen LogP contribution in [0.2, 0.25) is 0 Å². The van der Waals surface area contributed by atoms with Crippen molar-refractivity contribution < 1.29 is 18.0 Å². The van der Waals surface area contributed by atoms with Gasteiger partial charge in [0.05, 0.1) is 24.1 Å². The first-order valence-corrected chi connectivity index (χ1v) is 10.3. The predicted octanol–water partition coefficient (Wildman–Crippen LogP) is 3.81. The Kier molecular flexibility index (Phi) is 6.04. The van der Waals surface area contributed by atoms with Gasteiger partial charge in [-0.15, -0.1) is 0 Å². The van der Waals surface area contributed by atoms with Gasteiger partial charge in [0.2, 0.25) is 0 Å².